The van der Waals surface area contributed by atoms with Crippen molar-refractivity contribution in [2.24, 2.45) is 0 Å². The molecule has 0 bridgehead atoms. The number of para-hydroxylation sites is 1. The van der Waals surface area contributed by atoms with Crippen LogP contribution in [-0.4, -0.2) is 49.6 Å². The van der Waals surface area contributed by atoms with E-state index in [0.717, 1.165) is 39.1 Å². The van der Waals surface area contributed by atoms with Gasteiger partial charge in [0.05, 0.1) is 0 Å². The lowest BCUT2D eigenvalue weighted by molar-refractivity contribution is 0.121. The highest BCUT2D eigenvalue weighted by Gasteiger charge is 2.22. The molecule has 1 aliphatic rings. The number of aryl methyl sites for hydroxylation is 2. The molecule has 2 aromatic rings. The molecule has 3 rings (SSSR count). The number of hydrogen-bond donors (Lipinski definition) is 0. The number of thiophene rings is 1. The van der Waals surface area contributed by atoms with E-state index < -0.39 is 0 Å². The van der Waals surface area contributed by atoms with Gasteiger partial charge in [0, 0.05) is 54.5 Å². The van der Waals surface area contributed by atoms with Gasteiger partial charge in [-0.25, -0.2) is 4.39 Å². The Morgan fingerprint density at radius 3 is 2.52 bits per heavy atom. The molecule has 136 valence electrons. The van der Waals surface area contributed by atoms with Crippen LogP contribution >= 0.6 is 11.3 Å². The summed E-state index contributed by atoms with van der Waals surface area (Å²) in [6.07, 6.45) is 0.760. The molecular formula is C20H27FN2OS. The lowest BCUT2D eigenvalue weighted by Crippen LogP contribution is -2.45. The number of piperazine rings is 1. The normalized spacial score (nSPS) is 17.6. The fraction of sp³-hybridized carbons (Fsp3) is 0.500. The van der Waals surface area contributed by atoms with Gasteiger partial charge in [0.25, 0.3) is 0 Å². The van der Waals surface area contributed by atoms with Crippen molar-refractivity contribution in [1.29, 1.82) is 0 Å². The van der Waals surface area contributed by atoms with Gasteiger partial charge in [-0.2, -0.15) is 0 Å². The number of benzene rings is 1. The first-order chi connectivity index (χ1) is 12.0. The second-order valence-corrected chi connectivity index (χ2v) is 8.30. The summed E-state index contributed by atoms with van der Waals surface area (Å²) in [6.45, 7) is 9.60. The summed E-state index contributed by atoms with van der Waals surface area (Å²) < 4.78 is 20.2. The van der Waals surface area contributed by atoms with Crippen molar-refractivity contribution in [3.05, 3.63) is 51.5 Å². The largest absolute Gasteiger partial charge is 0.483 e. The maximum atomic E-state index is 14.1. The molecule has 0 spiro atoms. The van der Waals surface area contributed by atoms with Crippen molar-refractivity contribution in [3.8, 4) is 5.75 Å². The minimum Gasteiger partial charge on any atom is -0.483 e. The van der Waals surface area contributed by atoms with E-state index in [1.54, 1.807) is 23.5 Å². The van der Waals surface area contributed by atoms with Gasteiger partial charge in [-0.3, -0.25) is 0 Å². The summed E-state index contributed by atoms with van der Waals surface area (Å²) >= 11 is 1.78. The van der Waals surface area contributed by atoms with E-state index in [2.05, 4.69) is 36.8 Å². The molecule has 0 amide bonds. The Morgan fingerprint density at radius 1 is 1.16 bits per heavy atom. The van der Waals surface area contributed by atoms with Crippen LogP contribution in [0, 0.1) is 19.7 Å². The highest BCUT2D eigenvalue weighted by molar-refractivity contribution is 7.12. The highest BCUT2D eigenvalue weighted by atomic mass is 32.1. The highest BCUT2D eigenvalue weighted by Crippen LogP contribution is 2.33. The van der Waals surface area contributed by atoms with Crippen LogP contribution in [0.5, 0.6) is 5.75 Å². The Morgan fingerprint density at radius 2 is 1.88 bits per heavy atom. The smallest absolute Gasteiger partial charge is 0.165 e. The number of nitrogens with zero attached hydrogens (tertiary/aromatic N) is 2. The quantitative estimate of drug-likeness (QED) is 0.764. The fourth-order valence-electron chi connectivity index (χ4n) is 3.31. The van der Waals surface area contributed by atoms with Crippen LogP contribution in [0.2, 0.25) is 0 Å². The van der Waals surface area contributed by atoms with Gasteiger partial charge < -0.3 is 14.5 Å². The van der Waals surface area contributed by atoms with Crippen LogP contribution in [0.25, 0.3) is 0 Å². The first-order valence-corrected chi connectivity index (χ1v) is 9.73. The third-order valence-corrected chi connectivity index (χ3v) is 5.82. The predicted octanol–water partition coefficient (Wildman–Crippen LogP) is 4.26. The summed E-state index contributed by atoms with van der Waals surface area (Å²) in [4.78, 5) is 7.37. The number of rotatable bonds is 6. The lowest BCUT2D eigenvalue weighted by atomic mass is 10.1. The molecule has 3 nitrogen and oxygen atoms in total. The van der Waals surface area contributed by atoms with E-state index >= 15 is 0 Å². The van der Waals surface area contributed by atoms with Crippen molar-refractivity contribution >= 4 is 11.3 Å². The van der Waals surface area contributed by atoms with Crippen LogP contribution in [0.4, 0.5) is 4.39 Å². The average molecular weight is 363 g/mol. The van der Waals surface area contributed by atoms with Crippen LogP contribution in [0.3, 0.4) is 0 Å². The Kier molecular flexibility index (Phi) is 6.10. The molecule has 0 aliphatic carbocycles. The molecule has 25 heavy (non-hydrogen) atoms. The van der Waals surface area contributed by atoms with Gasteiger partial charge in [0.15, 0.2) is 11.6 Å². The first-order valence-electron chi connectivity index (χ1n) is 8.92. The Hall–Kier alpha value is -1.43. The first kappa shape index (κ1) is 18.4. The number of hydrogen-bond acceptors (Lipinski definition) is 4. The summed E-state index contributed by atoms with van der Waals surface area (Å²) in [6, 6.07) is 8.88. The summed E-state index contributed by atoms with van der Waals surface area (Å²) in [5.41, 5.74) is 1.19. The zero-order valence-corrected chi connectivity index (χ0v) is 16.1. The zero-order chi connectivity index (χ0) is 17.8. The van der Waals surface area contributed by atoms with Crippen LogP contribution < -0.4 is 4.74 Å². The second kappa shape index (κ2) is 8.30. The standard InChI is InChI=1S/C20H27FN2OS/c1-15-14-17(16(2)25-15)19(24-20-7-5-4-6-18(20)21)8-9-23-12-10-22(3)11-13-23/h4-7,14,19H,8-13H2,1-3H3. The number of halogens is 1. The van der Waals surface area contributed by atoms with Gasteiger partial charge in [0.1, 0.15) is 6.10 Å². The van der Waals surface area contributed by atoms with Gasteiger partial charge >= 0.3 is 0 Å². The maximum absolute atomic E-state index is 14.1. The van der Waals surface area contributed by atoms with E-state index in [-0.39, 0.29) is 11.9 Å². The molecule has 0 saturated carbocycles. The molecule has 1 unspecified atom stereocenters. The summed E-state index contributed by atoms with van der Waals surface area (Å²) in [5, 5.41) is 0. The second-order valence-electron chi connectivity index (χ2n) is 6.84. The van der Waals surface area contributed by atoms with Crippen LogP contribution in [-0.2, 0) is 0 Å². The molecule has 1 atom stereocenters. The van der Waals surface area contributed by atoms with E-state index in [1.807, 2.05) is 6.07 Å². The number of likely N-dealkylation sites (N-methyl/N-ethyl adjacent to an activating group) is 1. The number of ether oxygens (including phenoxy) is 1. The van der Waals surface area contributed by atoms with Gasteiger partial charge in [0.2, 0.25) is 0 Å². The molecule has 0 N–H and O–H groups in total. The monoisotopic (exact) mass is 362 g/mol. The molecule has 1 saturated heterocycles. The van der Waals surface area contributed by atoms with Crippen LogP contribution in [0.1, 0.15) is 27.8 Å². The topological polar surface area (TPSA) is 15.7 Å². The van der Waals surface area contributed by atoms with Gasteiger partial charge in [-0.1, -0.05) is 12.1 Å². The minimum absolute atomic E-state index is 0.110. The van der Waals surface area contributed by atoms with Crippen molar-refractivity contribution in [2.45, 2.75) is 26.4 Å². The lowest BCUT2D eigenvalue weighted by Gasteiger charge is -2.33. The van der Waals surface area contributed by atoms with Crippen molar-refractivity contribution < 1.29 is 9.13 Å². The Labute approximate surface area is 154 Å². The third-order valence-electron chi connectivity index (χ3n) is 4.84. The molecule has 0 radical (unpaired) electrons. The van der Waals surface area contributed by atoms with E-state index in [0.29, 0.717) is 5.75 Å². The fourth-order valence-corrected chi connectivity index (χ4v) is 4.29. The maximum Gasteiger partial charge on any atom is 0.165 e. The van der Waals surface area contributed by atoms with Crippen LogP contribution in [0.15, 0.2) is 30.3 Å². The molecule has 1 aliphatic heterocycles. The van der Waals surface area contributed by atoms with Gasteiger partial charge in [-0.05, 0) is 39.1 Å². The molecule has 1 aromatic carbocycles. The molecule has 2 heterocycles. The molecule has 1 aromatic heterocycles. The van der Waals surface area contributed by atoms with Crippen molar-refractivity contribution in [3.63, 3.8) is 0 Å². The van der Waals surface area contributed by atoms with E-state index in [9.17, 15) is 4.39 Å². The minimum atomic E-state index is -0.295. The Balaban J connectivity index is 1.72. The Bertz CT molecular complexity index is 695. The summed E-state index contributed by atoms with van der Waals surface area (Å²) in [7, 11) is 2.17. The SMILES string of the molecule is Cc1cc(C(CCN2CCN(C)CC2)Oc2ccccc2F)c(C)s1. The molecule has 5 heteroatoms. The predicted molar refractivity (Wildman–Crippen MR) is 102 cm³/mol. The van der Waals surface area contributed by atoms with E-state index in [1.165, 1.54) is 21.4 Å². The molecular weight excluding hydrogens is 335 g/mol. The third kappa shape index (κ3) is 4.81. The van der Waals surface area contributed by atoms with E-state index in [4.69, 9.17) is 4.74 Å². The van der Waals surface area contributed by atoms with Crippen molar-refractivity contribution in [2.75, 3.05) is 39.8 Å². The molecule has 1 fully saturated rings. The van der Waals surface area contributed by atoms with Crippen molar-refractivity contribution in [1.82, 2.24) is 9.80 Å². The average Bonchev–Trinajstić information content (AvgIpc) is 2.93. The zero-order valence-electron chi connectivity index (χ0n) is 15.3. The van der Waals surface area contributed by atoms with Gasteiger partial charge in [-0.15, -0.1) is 11.3 Å². The summed E-state index contributed by atoms with van der Waals surface area (Å²) in [5.74, 6) is 0.0471.